The summed E-state index contributed by atoms with van der Waals surface area (Å²) in [6.45, 7) is 1.04. The molecular formula is C25H25N3O4S. The summed E-state index contributed by atoms with van der Waals surface area (Å²) in [5.41, 5.74) is 1.89. The van der Waals surface area contributed by atoms with Gasteiger partial charge in [-0.3, -0.25) is 9.59 Å². The Morgan fingerprint density at radius 2 is 1.27 bits per heavy atom. The van der Waals surface area contributed by atoms with Gasteiger partial charge >= 0.3 is 0 Å². The van der Waals surface area contributed by atoms with Crippen molar-refractivity contribution in [3.63, 3.8) is 0 Å². The largest absolute Gasteiger partial charge is 0.322 e. The zero-order valence-electron chi connectivity index (χ0n) is 18.0. The van der Waals surface area contributed by atoms with E-state index in [9.17, 15) is 18.0 Å². The van der Waals surface area contributed by atoms with E-state index in [1.54, 1.807) is 66.7 Å². The predicted molar refractivity (Wildman–Crippen MR) is 128 cm³/mol. The molecule has 0 aromatic heterocycles. The van der Waals surface area contributed by atoms with Crippen molar-refractivity contribution < 1.29 is 18.0 Å². The average molecular weight is 464 g/mol. The predicted octanol–water partition coefficient (Wildman–Crippen LogP) is 4.37. The van der Waals surface area contributed by atoms with E-state index in [-0.39, 0.29) is 16.7 Å². The van der Waals surface area contributed by atoms with Crippen LogP contribution in [0.1, 0.15) is 40.0 Å². The van der Waals surface area contributed by atoms with E-state index in [2.05, 4.69) is 10.6 Å². The Hall–Kier alpha value is -3.49. The molecule has 0 radical (unpaired) electrons. The first kappa shape index (κ1) is 22.7. The van der Waals surface area contributed by atoms with E-state index < -0.39 is 10.0 Å². The first-order valence-corrected chi connectivity index (χ1v) is 12.3. The van der Waals surface area contributed by atoms with Crippen LogP contribution in [0.5, 0.6) is 0 Å². The number of hydrogen-bond donors (Lipinski definition) is 2. The van der Waals surface area contributed by atoms with E-state index in [1.165, 1.54) is 10.4 Å². The second kappa shape index (κ2) is 9.97. The molecule has 33 heavy (non-hydrogen) atoms. The number of nitrogens with one attached hydrogen (secondary N) is 2. The third-order valence-corrected chi connectivity index (χ3v) is 7.38. The van der Waals surface area contributed by atoms with E-state index in [0.717, 1.165) is 19.3 Å². The Morgan fingerprint density at radius 1 is 0.667 bits per heavy atom. The van der Waals surface area contributed by atoms with Crippen molar-refractivity contribution in [2.45, 2.75) is 24.2 Å². The maximum Gasteiger partial charge on any atom is 0.255 e. The van der Waals surface area contributed by atoms with Crippen molar-refractivity contribution in [1.82, 2.24) is 4.31 Å². The molecule has 2 N–H and O–H groups in total. The molecule has 0 atom stereocenters. The number of carbonyl (C=O) groups is 2. The fourth-order valence-corrected chi connectivity index (χ4v) is 5.25. The van der Waals surface area contributed by atoms with Gasteiger partial charge in [0.1, 0.15) is 0 Å². The third kappa shape index (κ3) is 5.47. The number of anilines is 2. The van der Waals surface area contributed by atoms with Gasteiger partial charge in [-0.1, -0.05) is 30.7 Å². The smallest absolute Gasteiger partial charge is 0.255 e. The second-order valence-electron chi connectivity index (χ2n) is 7.84. The van der Waals surface area contributed by atoms with Crippen molar-refractivity contribution in [1.29, 1.82) is 0 Å². The van der Waals surface area contributed by atoms with Crippen LogP contribution in [0.2, 0.25) is 0 Å². The lowest BCUT2D eigenvalue weighted by Gasteiger charge is -2.26. The standard InChI is InChI=1S/C25H25N3O4S/c29-24(19-8-3-1-4-9-19)26-21-14-12-20(13-15-21)25(30)27-22-10-7-11-23(18-22)33(31,32)28-16-5-2-6-17-28/h1,3-4,7-15,18H,2,5-6,16-17H2,(H,26,29)(H,27,30). The van der Waals surface area contributed by atoms with Crippen molar-refractivity contribution >= 4 is 33.2 Å². The van der Waals surface area contributed by atoms with Crippen LogP contribution in [-0.4, -0.2) is 37.6 Å². The molecule has 0 unspecified atom stereocenters. The molecule has 3 aromatic carbocycles. The second-order valence-corrected chi connectivity index (χ2v) is 9.78. The van der Waals surface area contributed by atoms with Gasteiger partial charge in [-0.25, -0.2) is 8.42 Å². The highest BCUT2D eigenvalue weighted by atomic mass is 32.2. The first-order valence-electron chi connectivity index (χ1n) is 10.8. The van der Waals surface area contributed by atoms with E-state index in [4.69, 9.17) is 0 Å². The van der Waals surface area contributed by atoms with E-state index >= 15 is 0 Å². The summed E-state index contributed by atoms with van der Waals surface area (Å²) < 4.78 is 27.3. The lowest BCUT2D eigenvalue weighted by molar-refractivity contribution is 0.102. The lowest BCUT2D eigenvalue weighted by atomic mass is 10.1. The Labute approximate surface area is 193 Å². The van der Waals surface area contributed by atoms with E-state index in [0.29, 0.717) is 35.6 Å². The molecule has 0 bridgehead atoms. The van der Waals surface area contributed by atoms with Crippen LogP contribution in [0.25, 0.3) is 0 Å². The summed E-state index contributed by atoms with van der Waals surface area (Å²) in [5.74, 6) is -0.608. The number of carbonyl (C=O) groups excluding carboxylic acids is 2. The van der Waals surface area contributed by atoms with Crippen LogP contribution in [0.15, 0.2) is 83.8 Å². The zero-order chi connectivity index (χ0) is 23.3. The molecule has 1 aliphatic rings. The Kier molecular flexibility index (Phi) is 6.86. The molecule has 1 saturated heterocycles. The summed E-state index contributed by atoms with van der Waals surface area (Å²) in [4.78, 5) is 25.1. The first-order chi connectivity index (χ1) is 15.9. The van der Waals surface area contributed by atoms with Crippen LogP contribution in [0.3, 0.4) is 0 Å². The molecule has 0 saturated carbocycles. The number of benzene rings is 3. The molecule has 3 aromatic rings. The van der Waals surface area contributed by atoms with Crippen LogP contribution in [0, 0.1) is 0 Å². The topological polar surface area (TPSA) is 95.6 Å². The summed E-state index contributed by atoms with van der Waals surface area (Å²) in [6, 6.07) is 21.6. The van der Waals surface area contributed by atoms with Crippen molar-refractivity contribution in [2.75, 3.05) is 23.7 Å². The van der Waals surface area contributed by atoms with Gasteiger partial charge in [0, 0.05) is 35.6 Å². The van der Waals surface area contributed by atoms with Gasteiger partial charge in [-0.2, -0.15) is 4.31 Å². The van der Waals surface area contributed by atoms with Crippen molar-refractivity contribution in [3.8, 4) is 0 Å². The average Bonchev–Trinajstić information content (AvgIpc) is 2.85. The number of amides is 2. The van der Waals surface area contributed by atoms with Gasteiger partial charge in [0.15, 0.2) is 0 Å². The zero-order valence-corrected chi connectivity index (χ0v) is 18.8. The van der Waals surface area contributed by atoms with Crippen LogP contribution in [0.4, 0.5) is 11.4 Å². The molecule has 1 aliphatic heterocycles. The van der Waals surface area contributed by atoms with Gasteiger partial charge in [0.25, 0.3) is 11.8 Å². The molecule has 1 fully saturated rings. The third-order valence-electron chi connectivity index (χ3n) is 5.49. The molecule has 7 nitrogen and oxygen atoms in total. The van der Waals surface area contributed by atoms with Gasteiger partial charge in [0.2, 0.25) is 10.0 Å². The Bertz CT molecular complexity index is 1240. The highest BCUT2D eigenvalue weighted by Gasteiger charge is 2.26. The van der Waals surface area contributed by atoms with Crippen molar-refractivity contribution in [3.05, 3.63) is 90.0 Å². The molecule has 1 heterocycles. The summed E-state index contributed by atoms with van der Waals surface area (Å²) >= 11 is 0. The molecule has 0 spiro atoms. The molecule has 0 aliphatic carbocycles. The molecule has 8 heteroatoms. The summed E-state index contributed by atoms with van der Waals surface area (Å²) in [6.07, 6.45) is 2.76. The highest BCUT2D eigenvalue weighted by Crippen LogP contribution is 2.23. The Balaban J connectivity index is 1.42. The monoisotopic (exact) mass is 463 g/mol. The minimum Gasteiger partial charge on any atom is -0.322 e. The van der Waals surface area contributed by atoms with Gasteiger partial charge < -0.3 is 10.6 Å². The van der Waals surface area contributed by atoms with Crippen molar-refractivity contribution in [2.24, 2.45) is 0 Å². The number of rotatable bonds is 6. The minimum atomic E-state index is -3.58. The number of nitrogens with zero attached hydrogens (tertiary/aromatic N) is 1. The van der Waals surface area contributed by atoms with Gasteiger partial charge in [0.05, 0.1) is 4.90 Å². The molecule has 2 amide bonds. The summed E-state index contributed by atoms with van der Waals surface area (Å²) in [5, 5.41) is 5.54. The Morgan fingerprint density at radius 3 is 1.94 bits per heavy atom. The molecule has 170 valence electrons. The number of sulfonamides is 1. The maximum atomic E-state index is 12.9. The quantitative estimate of drug-likeness (QED) is 0.568. The molecular weight excluding hydrogens is 438 g/mol. The number of hydrogen-bond acceptors (Lipinski definition) is 4. The maximum absolute atomic E-state index is 12.9. The van der Waals surface area contributed by atoms with E-state index in [1.807, 2.05) is 6.07 Å². The van der Waals surface area contributed by atoms with Crippen LogP contribution >= 0.6 is 0 Å². The fraction of sp³-hybridized carbons (Fsp3) is 0.200. The van der Waals surface area contributed by atoms with Gasteiger partial charge in [-0.15, -0.1) is 0 Å². The molecule has 4 rings (SSSR count). The minimum absolute atomic E-state index is 0.168. The van der Waals surface area contributed by atoms with Gasteiger partial charge in [-0.05, 0) is 67.4 Å². The highest BCUT2D eigenvalue weighted by molar-refractivity contribution is 7.89. The van der Waals surface area contributed by atoms with Crippen LogP contribution in [-0.2, 0) is 10.0 Å². The summed E-state index contributed by atoms with van der Waals surface area (Å²) in [7, 11) is -3.58. The fourth-order valence-electron chi connectivity index (χ4n) is 3.69. The van der Waals surface area contributed by atoms with Crippen LogP contribution < -0.4 is 10.6 Å². The normalized spacial score (nSPS) is 14.4. The SMILES string of the molecule is O=C(Nc1ccc(C(=O)Nc2cccc(S(=O)(=O)N3CCCCC3)c2)cc1)c1ccccc1. The number of piperidine rings is 1. The lowest BCUT2D eigenvalue weighted by Crippen LogP contribution is -2.35.